The van der Waals surface area contributed by atoms with Crippen molar-refractivity contribution in [1.82, 2.24) is 15.0 Å². The van der Waals surface area contributed by atoms with Gasteiger partial charge in [-0.25, -0.2) is 9.48 Å². The molecule has 2 aromatic rings. The first kappa shape index (κ1) is 12.3. The molecule has 1 aromatic carbocycles. The number of aromatic nitrogens is 3. The van der Waals surface area contributed by atoms with Crippen LogP contribution in [0.4, 0.5) is 0 Å². The van der Waals surface area contributed by atoms with E-state index in [2.05, 4.69) is 10.3 Å². The highest BCUT2D eigenvalue weighted by molar-refractivity contribution is 5.92. The van der Waals surface area contributed by atoms with Gasteiger partial charge in [-0.3, -0.25) is 0 Å². The van der Waals surface area contributed by atoms with Crippen molar-refractivity contribution >= 4 is 5.97 Å². The van der Waals surface area contributed by atoms with E-state index in [1.807, 2.05) is 39.0 Å². The smallest absolute Gasteiger partial charge is 0.358 e. The maximum Gasteiger partial charge on any atom is 0.358 e. The van der Waals surface area contributed by atoms with Crippen molar-refractivity contribution in [3.63, 3.8) is 0 Å². The van der Waals surface area contributed by atoms with Gasteiger partial charge in [0.15, 0.2) is 5.69 Å². The average molecular weight is 245 g/mol. The number of aryl methyl sites for hydroxylation is 3. The maximum atomic E-state index is 11.2. The quantitative estimate of drug-likeness (QED) is 0.900. The molecule has 2 rings (SSSR count). The molecular weight excluding hydrogens is 230 g/mol. The molecule has 1 heterocycles. The number of carboxylic acid groups (broad SMARTS) is 1. The molecule has 0 atom stereocenters. The van der Waals surface area contributed by atoms with Crippen molar-refractivity contribution in [3.05, 3.63) is 35.0 Å². The number of hydrogen-bond donors (Lipinski definition) is 1. The van der Waals surface area contributed by atoms with E-state index in [4.69, 9.17) is 5.11 Å². The maximum absolute atomic E-state index is 11.2. The van der Waals surface area contributed by atoms with Crippen molar-refractivity contribution in [2.75, 3.05) is 0 Å². The van der Waals surface area contributed by atoms with Crippen molar-refractivity contribution in [2.45, 2.75) is 27.3 Å². The first-order chi connectivity index (χ1) is 8.54. The molecule has 0 spiro atoms. The molecule has 1 aromatic heterocycles. The second-order valence-corrected chi connectivity index (χ2v) is 4.21. The van der Waals surface area contributed by atoms with Gasteiger partial charge in [0, 0.05) is 12.1 Å². The molecule has 0 fully saturated rings. The summed E-state index contributed by atoms with van der Waals surface area (Å²) in [4.78, 5) is 11.2. The van der Waals surface area contributed by atoms with Crippen LogP contribution in [-0.4, -0.2) is 26.1 Å². The molecule has 0 bridgehead atoms. The van der Waals surface area contributed by atoms with E-state index in [1.54, 1.807) is 4.68 Å². The van der Waals surface area contributed by atoms with Crippen LogP contribution in [0.15, 0.2) is 18.2 Å². The lowest BCUT2D eigenvalue weighted by Crippen LogP contribution is -2.03. The van der Waals surface area contributed by atoms with Gasteiger partial charge >= 0.3 is 5.97 Å². The summed E-state index contributed by atoms with van der Waals surface area (Å²) >= 11 is 0. The van der Waals surface area contributed by atoms with Gasteiger partial charge in [-0.05, 0) is 38.0 Å². The van der Waals surface area contributed by atoms with Gasteiger partial charge in [0.05, 0.1) is 0 Å². The van der Waals surface area contributed by atoms with Crippen LogP contribution in [0.25, 0.3) is 11.3 Å². The number of carboxylic acids is 1. The Labute approximate surface area is 105 Å². The van der Waals surface area contributed by atoms with E-state index >= 15 is 0 Å². The molecule has 0 saturated heterocycles. The lowest BCUT2D eigenvalue weighted by molar-refractivity contribution is 0.0691. The Morgan fingerprint density at radius 3 is 2.61 bits per heavy atom. The Bertz CT molecular complexity index is 602. The van der Waals surface area contributed by atoms with E-state index in [9.17, 15) is 4.79 Å². The fourth-order valence-corrected chi connectivity index (χ4v) is 1.85. The van der Waals surface area contributed by atoms with Crippen LogP contribution >= 0.6 is 0 Å². The van der Waals surface area contributed by atoms with Crippen molar-refractivity contribution in [2.24, 2.45) is 0 Å². The fourth-order valence-electron chi connectivity index (χ4n) is 1.85. The Balaban J connectivity index is 2.64. The third kappa shape index (κ3) is 1.99. The molecule has 94 valence electrons. The van der Waals surface area contributed by atoms with E-state index in [0.717, 1.165) is 11.1 Å². The SMILES string of the molecule is CCn1nnc(C(=O)O)c1-c1ccc(C)c(C)c1. The van der Waals surface area contributed by atoms with Crippen LogP contribution in [-0.2, 0) is 6.54 Å². The molecule has 0 aliphatic heterocycles. The summed E-state index contributed by atoms with van der Waals surface area (Å²) in [6.45, 7) is 6.51. The van der Waals surface area contributed by atoms with Crippen molar-refractivity contribution in [1.29, 1.82) is 0 Å². The van der Waals surface area contributed by atoms with Crippen LogP contribution in [0.3, 0.4) is 0 Å². The summed E-state index contributed by atoms with van der Waals surface area (Å²) in [5.74, 6) is -1.05. The van der Waals surface area contributed by atoms with Crippen molar-refractivity contribution < 1.29 is 9.90 Å². The minimum Gasteiger partial charge on any atom is -0.476 e. The molecule has 5 nitrogen and oxygen atoms in total. The van der Waals surface area contributed by atoms with Gasteiger partial charge in [0.1, 0.15) is 5.69 Å². The number of benzene rings is 1. The van der Waals surface area contributed by atoms with Gasteiger partial charge in [-0.1, -0.05) is 17.3 Å². The summed E-state index contributed by atoms with van der Waals surface area (Å²) in [7, 11) is 0. The van der Waals surface area contributed by atoms with Crippen molar-refractivity contribution in [3.8, 4) is 11.3 Å². The van der Waals surface area contributed by atoms with Crippen LogP contribution in [0.2, 0.25) is 0 Å². The average Bonchev–Trinajstić information content (AvgIpc) is 2.76. The Kier molecular flexibility index (Phi) is 3.14. The first-order valence-electron chi connectivity index (χ1n) is 5.79. The fraction of sp³-hybridized carbons (Fsp3) is 0.308. The molecule has 5 heteroatoms. The zero-order valence-corrected chi connectivity index (χ0v) is 10.6. The monoisotopic (exact) mass is 245 g/mol. The standard InChI is InChI=1S/C13H15N3O2/c1-4-16-12(11(13(17)18)14-15-16)10-6-5-8(2)9(3)7-10/h5-7H,4H2,1-3H3,(H,17,18). The van der Waals surface area contributed by atoms with Gasteiger partial charge in [-0.15, -0.1) is 5.10 Å². The number of carbonyl (C=O) groups is 1. The van der Waals surface area contributed by atoms with E-state index < -0.39 is 5.97 Å². The number of hydrogen-bond acceptors (Lipinski definition) is 3. The molecule has 18 heavy (non-hydrogen) atoms. The highest BCUT2D eigenvalue weighted by atomic mass is 16.4. The Morgan fingerprint density at radius 1 is 1.33 bits per heavy atom. The van der Waals surface area contributed by atoms with E-state index in [-0.39, 0.29) is 5.69 Å². The summed E-state index contributed by atoms with van der Waals surface area (Å²) in [6.07, 6.45) is 0. The van der Waals surface area contributed by atoms with E-state index in [1.165, 1.54) is 5.56 Å². The summed E-state index contributed by atoms with van der Waals surface area (Å²) in [5.41, 5.74) is 3.69. The number of nitrogens with zero attached hydrogens (tertiary/aromatic N) is 3. The summed E-state index contributed by atoms with van der Waals surface area (Å²) in [6, 6.07) is 5.84. The summed E-state index contributed by atoms with van der Waals surface area (Å²) < 4.78 is 1.60. The zero-order chi connectivity index (χ0) is 13.3. The second kappa shape index (κ2) is 4.60. The lowest BCUT2D eigenvalue weighted by atomic mass is 10.0. The lowest BCUT2D eigenvalue weighted by Gasteiger charge is -2.07. The third-order valence-electron chi connectivity index (χ3n) is 3.02. The van der Waals surface area contributed by atoms with Gasteiger partial charge in [-0.2, -0.15) is 0 Å². The predicted octanol–water partition coefficient (Wildman–Crippen LogP) is 2.28. The molecule has 1 N–H and O–H groups in total. The Morgan fingerprint density at radius 2 is 2.06 bits per heavy atom. The highest BCUT2D eigenvalue weighted by Crippen LogP contribution is 2.24. The third-order valence-corrected chi connectivity index (χ3v) is 3.02. The van der Waals surface area contributed by atoms with E-state index in [0.29, 0.717) is 12.2 Å². The first-order valence-corrected chi connectivity index (χ1v) is 5.79. The normalized spacial score (nSPS) is 10.6. The van der Waals surface area contributed by atoms with Crippen LogP contribution in [0, 0.1) is 13.8 Å². The van der Waals surface area contributed by atoms with Gasteiger partial charge in [0.2, 0.25) is 0 Å². The molecular formula is C13H15N3O2. The van der Waals surface area contributed by atoms with Crippen LogP contribution < -0.4 is 0 Å². The number of aromatic carboxylic acids is 1. The topological polar surface area (TPSA) is 68.0 Å². The second-order valence-electron chi connectivity index (χ2n) is 4.21. The molecule has 0 amide bonds. The van der Waals surface area contributed by atoms with Crippen LogP contribution in [0.1, 0.15) is 28.5 Å². The highest BCUT2D eigenvalue weighted by Gasteiger charge is 2.19. The minimum absolute atomic E-state index is 0.0000954. The number of rotatable bonds is 3. The molecule has 0 unspecified atom stereocenters. The minimum atomic E-state index is -1.05. The summed E-state index contributed by atoms with van der Waals surface area (Å²) in [5, 5.41) is 16.7. The van der Waals surface area contributed by atoms with Gasteiger partial charge < -0.3 is 5.11 Å². The Hall–Kier alpha value is -2.17. The molecule has 0 radical (unpaired) electrons. The zero-order valence-electron chi connectivity index (χ0n) is 10.6. The van der Waals surface area contributed by atoms with Gasteiger partial charge in [0.25, 0.3) is 0 Å². The molecule has 0 saturated carbocycles. The molecule has 0 aliphatic carbocycles. The largest absolute Gasteiger partial charge is 0.476 e. The van der Waals surface area contributed by atoms with Crippen LogP contribution in [0.5, 0.6) is 0 Å². The molecule has 0 aliphatic rings. The predicted molar refractivity (Wildman–Crippen MR) is 67.6 cm³/mol.